The van der Waals surface area contributed by atoms with E-state index in [1.54, 1.807) is 32.4 Å². The molecule has 0 aliphatic heterocycles. The molecule has 0 bridgehead atoms. The van der Waals surface area contributed by atoms with Crippen LogP contribution in [-0.4, -0.2) is 40.3 Å². The lowest BCUT2D eigenvalue weighted by molar-refractivity contribution is -0.116. The van der Waals surface area contributed by atoms with Crippen molar-refractivity contribution in [3.63, 3.8) is 0 Å². The van der Waals surface area contributed by atoms with E-state index in [0.29, 0.717) is 12.1 Å². The molecule has 30 heavy (non-hydrogen) atoms. The Morgan fingerprint density at radius 2 is 1.87 bits per heavy atom. The van der Waals surface area contributed by atoms with Crippen molar-refractivity contribution in [2.75, 3.05) is 11.9 Å². The Bertz CT molecular complexity index is 964. The van der Waals surface area contributed by atoms with Crippen LogP contribution in [0, 0.1) is 20.8 Å². The fourth-order valence-electron chi connectivity index (χ4n) is 2.80. The number of aromatic nitrogens is 2. The van der Waals surface area contributed by atoms with Crippen molar-refractivity contribution in [2.24, 2.45) is 0 Å². The number of hydrogen-bond donors (Lipinski definition) is 1. The lowest BCUT2D eigenvalue weighted by Gasteiger charge is -2.10. The number of hydrogen-bond acceptors (Lipinski definition) is 7. The highest BCUT2D eigenvalue weighted by atomic mass is 79.9. The van der Waals surface area contributed by atoms with Crippen molar-refractivity contribution in [3.8, 4) is 0 Å². The van der Waals surface area contributed by atoms with E-state index in [2.05, 4.69) is 26.3 Å². The summed E-state index contributed by atoms with van der Waals surface area (Å²) >= 11 is 4.48. The second-order valence-corrected chi connectivity index (χ2v) is 8.75. The first-order valence-electron chi connectivity index (χ1n) is 9.57. The number of nitrogens with zero attached hydrogens (tertiary/aromatic N) is 2. The highest BCUT2D eigenvalue weighted by Crippen LogP contribution is 2.34. The van der Waals surface area contributed by atoms with Gasteiger partial charge in [0.05, 0.1) is 35.0 Å². The highest BCUT2D eigenvalue weighted by molar-refractivity contribution is 9.10. The lowest BCUT2D eigenvalue weighted by atomic mass is 10.1. The number of thiophene rings is 1. The van der Waals surface area contributed by atoms with Crippen LogP contribution in [0.5, 0.6) is 0 Å². The average molecular weight is 500 g/mol. The fourth-order valence-corrected chi connectivity index (χ4v) is 4.19. The van der Waals surface area contributed by atoms with Crippen molar-refractivity contribution in [1.29, 1.82) is 0 Å². The van der Waals surface area contributed by atoms with Gasteiger partial charge in [-0.1, -0.05) is 0 Å². The summed E-state index contributed by atoms with van der Waals surface area (Å²) in [4.78, 5) is 37.7. The third kappa shape index (κ3) is 5.48. The summed E-state index contributed by atoms with van der Waals surface area (Å²) < 4.78 is 13.0. The van der Waals surface area contributed by atoms with Crippen LogP contribution in [0.4, 0.5) is 5.00 Å². The van der Waals surface area contributed by atoms with Crippen molar-refractivity contribution >= 4 is 50.1 Å². The van der Waals surface area contributed by atoms with Gasteiger partial charge < -0.3 is 14.8 Å². The van der Waals surface area contributed by atoms with Gasteiger partial charge in [-0.05, 0) is 63.0 Å². The van der Waals surface area contributed by atoms with Crippen molar-refractivity contribution < 1.29 is 23.9 Å². The molecule has 2 heterocycles. The van der Waals surface area contributed by atoms with Crippen LogP contribution in [0.2, 0.25) is 0 Å². The summed E-state index contributed by atoms with van der Waals surface area (Å²) in [5.74, 6) is -1.42. The summed E-state index contributed by atoms with van der Waals surface area (Å²) in [6, 6.07) is 0. The molecule has 0 aromatic carbocycles. The third-order valence-electron chi connectivity index (χ3n) is 4.25. The number of carbonyl (C=O) groups is 3. The van der Waals surface area contributed by atoms with Crippen LogP contribution in [0.25, 0.3) is 0 Å². The van der Waals surface area contributed by atoms with Crippen LogP contribution in [-0.2, 0) is 20.8 Å². The van der Waals surface area contributed by atoms with Gasteiger partial charge in [-0.2, -0.15) is 5.10 Å². The first-order chi connectivity index (χ1) is 14.1. The number of esters is 2. The number of halogens is 1. The summed E-state index contributed by atoms with van der Waals surface area (Å²) in [6.07, 6.45) is -0.186. The molecule has 1 amide bonds. The summed E-state index contributed by atoms with van der Waals surface area (Å²) in [5, 5.41) is 7.42. The van der Waals surface area contributed by atoms with Gasteiger partial charge in [0, 0.05) is 12.1 Å². The Hall–Kier alpha value is -2.20. The molecule has 1 N–H and O–H groups in total. The largest absolute Gasteiger partial charge is 0.462 e. The SMILES string of the molecule is CCOC(=O)c1sc(NC(=O)CCn2nc(C)c(Br)c2C)c(C(=O)OC(C)C)c1C. The van der Waals surface area contributed by atoms with E-state index in [4.69, 9.17) is 9.47 Å². The Balaban J connectivity index is 2.24. The Morgan fingerprint density at radius 3 is 2.40 bits per heavy atom. The smallest absolute Gasteiger partial charge is 0.348 e. The molecular formula is C20H26BrN3O5S. The summed E-state index contributed by atoms with van der Waals surface area (Å²) in [5.41, 5.74) is 2.39. The number of amides is 1. The zero-order valence-electron chi connectivity index (χ0n) is 17.9. The van der Waals surface area contributed by atoms with E-state index in [-0.39, 0.29) is 40.5 Å². The minimum Gasteiger partial charge on any atom is -0.462 e. The molecule has 0 saturated heterocycles. The molecule has 0 aliphatic carbocycles. The topological polar surface area (TPSA) is 99.5 Å². The van der Waals surface area contributed by atoms with E-state index < -0.39 is 11.9 Å². The standard InChI is InChI=1S/C20H26BrN3O5S/c1-7-28-20(27)17-11(4)15(19(26)29-10(2)3)18(30-17)22-14(25)8-9-24-13(6)16(21)12(5)23-24/h10H,7-9H2,1-6H3,(H,22,25). The first-order valence-corrected chi connectivity index (χ1v) is 11.2. The van der Waals surface area contributed by atoms with Crippen molar-refractivity contribution in [3.05, 3.63) is 31.9 Å². The Morgan fingerprint density at radius 1 is 1.20 bits per heavy atom. The maximum absolute atomic E-state index is 12.6. The molecule has 0 aliphatic rings. The zero-order valence-corrected chi connectivity index (χ0v) is 20.3. The molecule has 0 saturated carbocycles. The second kappa shape index (κ2) is 10.2. The van der Waals surface area contributed by atoms with Crippen molar-refractivity contribution in [1.82, 2.24) is 9.78 Å². The molecular weight excluding hydrogens is 474 g/mol. The normalized spacial score (nSPS) is 10.9. The number of anilines is 1. The van der Waals surface area contributed by atoms with Gasteiger partial charge in [0.2, 0.25) is 5.91 Å². The van der Waals surface area contributed by atoms with Gasteiger partial charge in [0.15, 0.2) is 0 Å². The predicted octanol–water partition coefficient (Wildman–Crippen LogP) is 4.40. The molecule has 2 aromatic rings. The zero-order chi connectivity index (χ0) is 22.6. The number of nitrogens with one attached hydrogen (secondary N) is 1. The predicted molar refractivity (Wildman–Crippen MR) is 118 cm³/mol. The summed E-state index contributed by atoms with van der Waals surface area (Å²) in [7, 11) is 0. The second-order valence-electron chi connectivity index (χ2n) is 6.94. The lowest BCUT2D eigenvalue weighted by Crippen LogP contribution is -2.18. The van der Waals surface area contributed by atoms with E-state index in [1.165, 1.54) is 0 Å². The number of aryl methyl sites for hydroxylation is 2. The third-order valence-corrected chi connectivity index (χ3v) is 6.59. The molecule has 0 unspecified atom stereocenters. The van der Waals surface area contributed by atoms with Crippen LogP contribution >= 0.6 is 27.3 Å². The molecule has 0 fully saturated rings. The van der Waals surface area contributed by atoms with Gasteiger partial charge in [-0.25, -0.2) is 9.59 Å². The number of carbonyl (C=O) groups excluding carboxylic acids is 3. The van der Waals surface area contributed by atoms with E-state index in [1.807, 2.05) is 13.8 Å². The molecule has 0 atom stereocenters. The Kier molecular flexibility index (Phi) is 8.19. The van der Waals surface area contributed by atoms with Gasteiger partial charge >= 0.3 is 11.9 Å². The highest BCUT2D eigenvalue weighted by Gasteiger charge is 2.28. The monoisotopic (exact) mass is 499 g/mol. The maximum atomic E-state index is 12.6. The van der Waals surface area contributed by atoms with Crippen LogP contribution in [0.3, 0.4) is 0 Å². The molecule has 2 aromatic heterocycles. The Labute approximate surface area is 188 Å². The minimum absolute atomic E-state index is 0.152. The minimum atomic E-state index is -0.591. The fraction of sp³-hybridized carbons (Fsp3) is 0.500. The molecule has 2 rings (SSSR count). The number of ether oxygens (including phenoxy) is 2. The molecule has 0 radical (unpaired) electrons. The van der Waals surface area contributed by atoms with Gasteiger partial charge in [0.25, 0.3) is 0 Å². The van der Waals surface area contributed by atoms with Gasteiger partial charge in [-0.3, -0.25) is 9.48 Å². The van der Waals surface area contributed by atoms with Crippen LogP contribution < -0.4 is 5.32 Å². The van der Waals surface area contributed by atoms with Crippen LogP contribution in [0.1, 0.15) is 64.2 Å². The molecule has 164 valence electrons. The molecule has 8 nitrogen and oxygen atoms in total. The van der Waals surface area contributed by atoms with Crippen LogP contribution in [0.15, 0.2) is 4.47 Å². The van der Waals surface area contributed by atoms with Gasteiger partial charge in [-0.15, -0.1) is 11.3 Å². The van der Waals surface area contributed by atoms with Gasteiger partial charge in [0.1, 0.15) is 9.88 Å². The molecule has 0 spiro atoms. The van der Waals surface area contributed by atoms with E-state index in [0.717, 1.165) is 27.2 Å². The average Bonchev–Trinajstić information content (AvgIpc) is 3.10. The van der Waals surface area contributed by atoms with Crippen molar-refractivity contribution in [2.45, 2.75) is 60.6 Å². The quantitative estimate of drug-likeness (QED) is 0.540. The number of rotatable bonds is 8. The van der Waals surface area contributed by atoms with E-state index in [9.17, 15) is 14.4 Å². The summed E-state index contributed by atoms with van der Waals surface area (Å²) in [6.45, 7) is 11.2. The van der Waals surface area contributed by atoms with E-state index >= 15 is 0 Å². The molecule has 10 heteroatoms. The first kappa shape index (κ1) is 24.1. The maximum Gasteiger partial charge on any atom is 0.348 e.